The highest BCUT2D eigenvalue weighted by atomic mass is 16.6. The Morgan fingerprint density at radius 1 is 0.872 bits per heavy atom. The van der Waals surface area contributed by atoms with Gasteiger partial charge in [-0.3, -0.25) is 9.69 Å². The average Bonchev–Trinajstić information content (AvgIpc) is 3.25. The highest BCUT2D eigenvalue weighted by molar-refractivity contribution is 5.91. The molecule has 4 aliphatic heterocycles. The summed E-state index contributed by atoms with van der Waals surface area (Å²) in [4.78, 5) is 51.0. The molecule has 0 radical (unpaired) electrons. The van der Waals surface area contributed by atoms with Crippen LogP contribution in [-0.2, 0) is 22.4 Å². The first kappa shape index (κ1) is 33.1. The van der Waals surface area contributed by atoms with E-state index in [1.165, 1.54) is 0 Å². The van der Waals surface area contributed by atoms with Crippen LogP contribution in [0.2, 0.25) is 0 Å². The SMILES string of the molecule is Cc1cc(C[C@H](OC(=O)N2CCC(N3CCc4ccccc4NC3=O)CC2)C(=O)N2CCN(C3CCN(C)CC3)CC2)cc(C)c1O. The fourth-order valence-electron chi connectivity index (χ4n) is 7.72. The molecule has 47 heavy (non-hydrogen) atoms. The minimum absolute atomic E-state index is 0.0228. The maximum Gasteiger partial charge on any atom is 0.410 e. The molecule has 0 aliphatic carbocycles. The molecular weight excluding hydrogens is 596 g/mol. The van der Waals surface area contributed by atoms with Crippen LogP contribution in [0.5, 0.6) is 5.75 Å². The molecule has 2 aromatic carbocycles. The van der Waals surface area contributed by atoms with Gasteiger partial charge in [-0.25, -0.2) is 9.59 Å². The molecule has 11 nitrogen and oxygen atoms in total. The lowest BCUT2D eigenvalue weighted by Crippen LogP contribution is -2.56. The number of aromatic hydroxyl groups is 1. The number of amides is 4. The third-order valence-electron chi connectivity index (χ3n) is 10.6. The molecule has 6 rings (SSSR count). The number of nitrogens with one attached hydrogen (secondary N) is 1. The van der Waals surface area contributed by atoms with Crippen molar-refractivity contribution in [3.05, 3.63) is 58.7 Å². The molecule has 1 atom stereocenters. The molecule has 0 bridgehead atoms. The smallest absolute Gasteiger partial charge is 0.410 e. The minimum atomic E-state index is -0.965. The van der Waals surface area contributed by atoms with Gasteiger partial charge in [0.05, 0.1) is 0 Å². The number of anilines is 1. The predicted octanol–water partition coefficient (Wildman–Crippen LogP) is 3.85. The molecule has 0 spiro atoms. The van der Waals surface area contributed by atoms with Gasteiger partial charge in [0.2, 0.25) is 0 Å². The summed E-state index contributed by atoms with van der Waals surface area (Å²) in [5, 5.41) is 13.4. The standard InChI is InChI=1S/C36H50N6O5/c1-25-22-27(23-26(2)33(25)43)24-32(34(44)40-20-18-39(19-21-40)29-9-13-38(3)14-10-29)47-36(46)41-15-11-30(12-16-41)42-17-8-28-6-4-5-7-31(28)37-35(42)45/h4-7,22-23,29-30,32,43H,8-21,24H2,1-3H3,(H,37,45)/t32-/m0/s1. The second-order valence-corrected chi connectivity index (χ2v) is 13.8. The van der Waals surface area contributed by atoms with Gasteiger partial charge < -0.3 is 34.8 Å². The van der Waals surface area contributed by atoms with Crippen LogP contribution in [0.3, 0.4) is 0 Å². The third kappa shape index (κ3) is 7.67. The van der Waals surface area contributed by atoms with Crippen molar-refractivity contribution in [1.29, 1.82) is 0 Å². The summed E-state index contributed by atoms with van der Waals surface area (Å²) >= 11 is 0. The number of nitrogens with zero attached hydrogens (tertiary/aromatic N) is 5. The van der Waals surface area contributed by atoms with Gasteiger partial charge in [-0.15, -0.1) is 0 Å². The van der Waals surface area contributed by atoms with Gasteiger partial charge in [0.25, 0.3) is 5.91 Å². The van der Waals surface area contributed by atoms with Gasteiger partial charge in [0.15, 0.2) is 6.10 Å². The van der Waals surface area contributed by atoms with Gasteiger partial charge >= 0.3 is 12.1 Å². The number of piperazine rings is 1. The van der Waals surface area contributed by atoms with Crippen LogP contribution >= 0.6 is 0 Å². The number of benzene rings is 2. The van der Waals surface area contributed by atoms with Crippen molar-refractivity contribution in [3.63, 3.8) is 0 Å². The molecule has 0 unspecified atom stereocenters. The summed E-state index contributed by atoms with van der Waals surface area (Å²) in [6, 6.07) is 12.1. The topological polar surface area (TPSA) is 109 Å². The molecule has 0 aromatic heterocycles. The van der Waals surface area contributed by atoms with E-state index < -0.39 is 12.2 Å². The van der Waals surface area contributed by atoms with E-state index in [0.29, 0.717) is 51.6 Å². The molecule has 3 fully saturated rings. The van der Waals surface area contributed by atoms with Crippen LogP contribution in [0.1, 0.15) is 47.9 Å². The largest absolute Gasteiger partial charge is 0.507 e. The van der Waals surface area contributed by atoms with Gasteiger partial charge in [0, 0.05) is 70.0 Å². The molecular formula is C36H50N6O5. The van der Waals surface area contributed by atoms with E-state index >= 15 is 0 Å². The van der Waals surface area contributed by atoms with Crippen LogP contribution in [0.25, 0.3) is 0 Å². The second-order valence-electron chi connectivity index (χ2n) is 13.8. The Kier molecular flexibility index (Phi) is 10.2. The Hall–Kier alpha value is -3.83. The number of aryl methyl sites for hydroxylation is 2. The lowest BCUT2D eigenvalue weighted by molar-refractivity contribution is -0.143. The number of ether oxygens (including phenoxy) is 1. The van der Waals surface area contributed by atoms with Gasteiger partial charge in [-0.2, -0.15) is 0 Å². The number of phenols is 1. The third-order valence-corrected chi connectivity index (χ3v) is 10.6. The first-order valence-electron chi connectivity index (χ1n) is 17.3. The zero-order chi connectivity index (χ0) is 33.1. The van der Waals surface area contributed by atoms with E-state index in [1.54, 1.807) is 4.90 Å². The fourth-order valence-corrected chi connectivity index (χ4v) is 7.72. The second kappa shape index (κ2) is 14.5. The number of urea groups is 1. The van der Waals surface area contributed by atoms with Crippen molar-refractivity contribution in [2.24, 2.45) is 0 Å². The molecule has 4 amide bonds. The van der Waals surface area contributed by atoms with Crippen LogP contribution in [0, 0.1) is 13.8 Å². The van der Waals surface area contributed by atoms with E-state index in [9.17, 15) is 19.5 Å². The maximum absolute atomic E-state index is 14.0. The zero-order valence-corrected chi connectivity index (χ0v) is 28.1. The summed E-state index contributed by atoms with van der Waals surface area (Å²) < 4.78 is 6.06. The molecule has 4 aliphatic rings. The number of fused-ring (bicyclic) bond motifs is 1. The molecule has 11 heteroatoms. The normalized spacial score (nSPS) is 21.2. The fraction of sp³-hybridized carbons (Fsp3) is 0.583. The number of hydrogen-bond donors (Lipinski definition) is 2. The van der Waals surface area contributed by atoms with Crippen molar-refractivity contribution < 1.29 is 24.2 Å². The number of likely N-dealkylation sites (tertiary alicyclic amines) is 2. The number of carbonyl (C=O) groups excluding carboxylic acids is 3. The molecule has 2 aromatic rings. The maximum atomic E-state index is 14.0. The summed E-state index contributed by atoms with van der Waals surface area (Å²) in [5.41, 5.74) is 4.29. The van der Waals surface area contributed by atoms with Crippen molar-refractivity contribution in [2.75, 3.05) is 71.3 Å². The highest BCUT2D eigenvalue weighted by Crippen LogP contribution is 2.27. The quantitative estimate of drug-likeness (QED) is 0.491. The first-order valence-corrected chi connectivity index (χ1v) is 17.3. The van der Waals surface area contributed by atoms with E-state index in [1.807, 2.05) is 60.0 Å². The van der Waals surface area contributed by atoms with Crippen molar-refractivity contribution in [3.8, 4) is 5.75 Å². The van der Waals surface area contributed by atoms with Crippen LogP contribution < -0.4 is 5.32 Å². The zero-order valence-electron chi connectivity index (χ0n) is 28.1. The Morgan fingerprint density at radius 3 is 2.19 bits per heavy atom. The lowest BCUT2D eigenvalue weighted by atomic mass is 10.00. The summed E-state index contributed by atoms with van der Waals surface area (Å²) in [6.45, 7) is 10.3. The molecule has 4 heterocycles. The van der Waals surface area contributed by atoms with E-state index in [4.69, 9.17) is 4.74 Å². The van der Waals surface area contributed by atoms with Crippen molar-refractivity contribution in [2.45, 2.75) is 70.6 Å². The molecule has 3 saturated heterocycles. The number of phenolic OH excluding ortho intramolecular Hbond substituents is 1. The van der Waals surface area contributed by atoms with E-state index in [-0.39, 0.29) is 30.2 Å². The first-order chi connectivity index (χ1) is 22.7. The Morgan fingerprint density at radius 2 is 1.51 bits per heavy atom. The molecule has 2 N–H and O–H groups in total. The number of hydrogen-bond acceptors (Lipinski definition) is 7. The monoisotopic (exact) mass is 646 g/mol. The number of piperidine rings is 2. The lowest BCUT2D eigenvalue weighted by Gasteiger charge is -2.42. The molecule has 0 saturated carbocycles. The van der Waals surface area contributed by atoms with Crippen LogP contribution in [0.4, 0.5) is 15.3 Å². The Labute approximate surface area is 278 Å². The van der Waals surface area contributed by atoms with Gasteiger partial charge in [0.1, 0.15) is 5.75 Å². The van der Waals surface area contributed by atoms with Crippen molar-refractivity contribution in [1.82, 2.24) is 24.5 Å². The van der Waals surface area contributed by atoms with E-state index in [2.05, 4.69) is 22.2 Å². The van der Waals surface area contributed by atoms with Crippen LogP contribution in [-0.4, -0.2) is 132 Å². The summed E-state index contributed by atoms with van der Waals surface area (Å²) in [6.07, 6.45) is 3.16. The minimum Gasteiger partial charge on any atom is -0.507 e. The van der Waals surface area contributed by atoms with Gasteiger partial charge in [-0.05, 0) is 94.4 Å². The van der Waals surface area contributed by atoms with Crippen molar-refractivity contribution >= 4 is 23.7 Å². The summed E-state index contributed by atoms with van der Waals surface area (Å²) in [7, 11) is 2.17. The number of carbonyl (C=O) groups is 3. The Balaban J connectivity index is 1.08. The van der Waals surface area contributed by atoms with Gasteiger partial charge in [-0.1, -0.05) is 30.3 Å². The Bertz CT molecular complexity index is 1420. The number of rotatable bonds is 6. The average molecular weight is 647 g/mol. The van der Waals surface area contributed by atoms with Crippen LogP contribution in [0.15, 0.2) is 36.4 Å². The predicted molar refractivity (Wildman–Crippen MR) is 181 cm³/mol. The highest BCUT2D eigenvalue weighted by Gasteiger charge is 2.36. The summed E-state index contributed by atoms with van der Waals surface area (Å²) in [5.74, 6) is 0.0731. The molecule has 254 valence electrons. The number of para-hydroxylation sites is 1. The van der Waals surface area contributed by atoms with E-state index in [0.717, 1.165) is 73.4 Å².